The van der Waals surface area contributed by atoms with E-state index in [1.165, 1.54) is 0 Å². The first kappa shape index (κ1) is 16.6. The van der Waals surface area contributed by atoms with Gasteiger partial charge in [-0.3, -0.25) is 4.90 Å². The van der Waals surface area contributed by atoms with Gasteiger partial charge in [0.1, 0.15) is 0 Å². The summed E-state index contributed by atoms with van der Waals surface area (Å²) >= 11 is 5.21. The fourth-order valence-electron chi connectivity index (χ4n) is 1.91. The maximum atomic E-state index is 5.32. The van der Waals surface area contributed by atoms with E-state index in [1.807, 2.05) is 6.92 Å². The van der Waals surface area contributed by atoms with E-state index in [4.69, 9.17) is 21.7 Å². The molecule has 0 aromatic carbocycles. The van der Waals surface area contributed by atoms with Gasteiger partial charge in [-0.05, 0) is 38.5 Å². The van der Waals surface area contributed by atoms with Crippen LogP contribution in [0.3, 0.4) is 0 Å². The Morgan fingerprint density at radius 3 is 2.58 bits per heavy atom. The maximum absolute atomic E-state index is 5.32. The Balaban J connectivity index is 1.86. The molecule has 6 heteroatoms. The minimum Gasteiger partial charge on any atom is -0.382 e. The van der Waals surface area contributed by atoms with Crippen LogP contribution in [0.1, 0.15) is 19.8 Å². The molecule has 0 radical (unpaired) electrons. The van der Waals surface area contributed by atoms with Crippen molar-refractivity contribution in [3.8, 4) is 0 Å². The van der Waals surface area contributed by atoms with Gasteiger partial charge >= 0.3 is 0 Å². The molecule has 19 heavy (non-hydrogen) atoms. The SMILES string of the molecule is CCOCCCNC(=S)NCCCN1CCOCC1. The molecular weight excluding hydrogens is 262 g/mol. The molecule has 0 unspecified atom stereocenters. The summed E-state index contributed by atoms with van der Waals surface area (Å²) in [6, 6.07) is 0. The Morgan fingerprint density at radius 2 is 1.89 bits per heavy atom. The zero-order valence-electron chi connectivity index (χ0n) is 12.0. The minimum absolute atomic E-state index is 0.749. The molecule has 0 saturated carbocycles. The van der Waals surface area contributed by atoms with Crippen molar-refractivity contribution >= 4 is 17.3 Å². The van der Waals surface area contributed by atoms with Crippen molar-refractivity contribution in [1.29, 1.82) is 0 Å². The summed E-state index contributed by atoms with van der Waals surface area (Å²) in [7, 11) is 0. The van der Waals surface area contributed by atoms with Gasteiger partial charge in [-0.1, -0.05) is 0 Å². The highest BCUT2D eigenvalue weighted by atomic mass is 32.1. The largest absolute Gasteiger partial charge is 0.382 e. The molecule has 0 spiro atoms. The molecule has 1 aliphatic rings. The lowest BCUT2D eigenvalue weighted by molar-refractivity contribution is 0.0376. The Bertz CT molecular complexity index is 236. The molecule has 1 rings (SSSR count). The van der Waals surface area contributed by atoms with Gasteiger partial charge in [-0.15, -0.1) is 0 Å². The van der Waals surface area contributed by atoms with Crippen molar-refractivity contribution in [3.63, 3.8) is 0 Å². The van der Waals surface area contributed by atoms with Crippen LogP contribution in [0.15, 0.2) is 0 Å². The van der Waals surface area contributed by atoms with Crippen molar-refractivity contribution < 1.29 is 9.47 Å². The van der Waals surface area contributed by atoms with Gasteiger partial charge in [0.25, 0.3) is 0 Å². The van der Waals surface area contributed by atoms with Gasteiger partial charge < -0.3 is 20.1 Å². The number of nitrogens with zero attached hydrogens (tertiary/aromatic N) is 1. The number of nitrogens with one attached hydrogen (secondary N) is 2. The summed E-state index contributed by atoms with van der Waals surface area (Å²) in [5.74, 6) is 0. The lowest BCUT2D eigenvalue weighted by Gasteiger charge is -2.26. The standard InChI is InChI=1S/C13H27N3O2S/c1-2-17-10-4-6-15-13(19)14-5-3-7-16-8-11-18-12-9-16/h2-12H2,1H3,(H2,14,15,19). The third-order valence-electron chi connectivity index (χ3n) is 3.00. The Kier molecular flexibility index (Phi) is 9.98. The van der Waals surface area contributed by atoms with Crippen molar-refractivity contribution in [1.82, 2.24) is 15.5 Å². The van der Waals surface area contributed by atoms with Gasteiger partial charge in [-0.2, -0.15) is 0 Å². The number of hydrogen-bond donors (Lipinski definition) is 2. The van der Waals surface area contributed by atoms with Gasteiger partial charge in [0.2, 0.25) is 0 Å². The lowest BCUT2D eigenvalue weighted by atomic mass is 10.3. The molecule has 5 nitrogen and oxygen atoms in total. The van der Waals surface area contributed by atoms with Crippen molar-refractivity contribution in [2.24, 2.45) is 0 Å². The molecule has 1 saturated heterocycles. The monoisotopic (exact) mass is 289 g/mol. The van der Waals surface area contributed by atoms with E-state index < -0.39 is 0 Å². The van der Waals surface area contributed by atoms with Crippen LogP contribution in [0.5, 0.6) is 0 Å². The van der Waals surface area contributed by atoms with Crippen LogP contribution >= 0.6 is 12.2 Å². The molecule has 1 aliphatic heterocycles. The zero-order valence-corrected chi connectivity index (χ0v) is 12.8. The van der Waals surface area contributed by atoms with E-state index in [0.29, 0.717) is 0 Å². The number of rotatable bonds is 9. The van der Waals surface area contributed by atoms with Crippen LogP contribution in [0.4, 0.5) is 0 Å². The second kappa shape index (κ2) is 11.4. The summed E-state index contributed by atoms with van der Waals surface area (Å²) in [5, 5.41) is 7.17. The molecular formula is C13H27N3O2S. The molecule has 1 heterocycles. The topological polar surface area (TPSA) is 45.8 Å². The fraction of sp³-hybridized carbons (Fsp3) is 0.923. The summed E-state index contributed by atoms with van der Waals surface area (Å²) in [4.78, 5) is 2.43. The first-order chi connectivity index (χ1) is 9.33. The van der Waals surface area contributed by atoms with Crippen LogP contribution in [0.2, 0.25) is 0 Å². The first-order valence-electron chi connectivity index (χ1n) is 7.22. The molecule has 0 aliphatic carbocycles. The predicted molar refractivity (Wildman–Crippen MR) is 81.6 cm³/mol. The van der Waals surface area contributed by atoms with E-state index in [-0.39, 0.29) is 0 Å². The second-order valence-corrected chi connectivity index (χ2v) is 4.95. The Hall–Kier alpha value is -0.430. The van der Waals surface area contributed by atoms with E-state index in [0.717, 1.165) is 77.1 Å². The van der Waals surface area contributed by atoms with Crippen LogP contribution in [-0.2, 0) is 9.47 Å². The third-order valence-corrected chi connectivity index (χ3v) is 3.28. The highest BCUT2D eigenvalue weighted by Crippen LogP contribution is 1.97. The van der Waals surface area contributed by atoms with E-state index in [2.05, 4.69) is 15.5 Å². The van der Waals surface area contributed by atoms with Crippen molar-refractivity contribution in [2.75, 3.05) is 59.2 Å². The maximum Gasteiger partial charge on any atom is 0.166 e. The van der Waals surface area contributed by atoms with Gasteiger partial charge in [0.05, 0.1) is 13.2 Å². The average Bonchev–Trinajstić information content (AvgIpc) is 2.44. The highest BCUT2D eigenvalue weighted by Gasteiger charge is 2.08. The number of ether oxygens (including phenoxy) is 2. The normalized spacial score (nSPS) is 16.3. The third kappa shape index (κ3) is 9.15. The van der Waals surface area contributed by atoms with Crippen LogP contribution in [0, 0.1) is 0 Å². The van der Waals surface area contributed by atoms with Gasteiger partial charge in [-0.25, -0.2) is 0 Å². The van der Waals surface area contributed by atoms with Crippen LogP contribution in [-0.4, -0.2) is 69.2 Å². The smallest absolute Gasteiger partial charge is 0.166 e. The molecule has 0 bridgehead atoms. The molecule has 2 N–H and O–H groups in total. The summed E-state index contributed by atoms with van der Waals surface area (Å²) < 4.78 is 10.6. The van der Waals surface area contributed by atoms with Crippen molar-refractivity contribution in [3.05, 3.63) is 0 Å². The summed E-state index contributed by atoms with van der Waals surface area (Å²) in [6.45, 7) is 10.3. The number of morpholine rings is 1. The molecule has 1 fully saturated rings. The van der Waals surface area contributed by atoms with Gasteiger partial charge in [0, 0.05) is 39.4 Å². The molecule has 112 valence electrons. The summed E-state index contributed by atoms with van der Waals surface area (Å²) in [5.41, 5.74) is 0. The lowest BCUT2D eigenvalue weighted by Crippen LogP contribution is -2.40. The van der Waals surface area contributed by atoms with E-state index >= 15 is 0 Å². The Morgan fingerprint density at radius 1 is 1.21 bits per heavy atom. The first-order valence-corrected chi connectivity index (χ1v) is 7.63. The second-order valence-electron chi connectivity index (χ2n) is 4.54. The molecule has 0 aromatic rings. The molecule has 0 aromatic heterocycles. The quantitative estimate of drug-likeness (QED) is 0.479. The predicted octanol–water partition coefficient (Wildman–Crippen LogP) is 0.599. The minimum atomic E-state index is 0.749. The highest BCUT2D eigenvalue weighted by molar-refractivity contribution is 7.80. The van der Waals surface area contributed by atoms with Crippen LogP contribution in [0.25, 0.3) is 0 Å². The van der Waals surface area contributed by atoms with Crippen molar-refractivity contribution in [2.45, 2.75) is 19.8 Å². The number of thiocarbonyl (C=S) groups is 1. The van der Waals surface area contributed by atoms with E-state index in [9.17, 15) is 0 Å². The number of hydrogen-bond acceptors (Lipinski definition) is 4. The van der Waals surface area contributed by atoms with Crippen LogP contribution < -0.4 is 10.6 Å². The average molecular weight is 289 g/mol. The van der Waals surface area contributed by atoms with Gasteiger partial charge in [0.15, 0.2) is 5.11 Å². The Labute approximate surface area is 122 Å². The van der Waals surface area contributed by atoms with E-state index in [1.54, 1.807) is 0 Å². The summed E-state index contributed by atoms with van der Waals surface area (Å²) in [6.07, 6.45) is 2.10. The fourth-order valence-corrected chi connectivity index (χ4v) is 2.12. The molecule has 0 amide bonds. The zero-order chi connectivity index (χ0) is 13.8. The molecule has 0 atom stereocenters.